The molecule has 1 heterocycles. The van der Waals surface area contributed by atoms with Crippen LogP contribution in [0, 0.1) is 6.92 Å². The molecule has 0 saturated carbocycles. The first kappa shape index (κ1) is 12.1. The summed E-state index contributed by atoms with van der Waals surface area (Å²) in [6.45, 7) is 2.60. The van der Waals surface area contributed by atoms with Crippen molar-refractivity contribution in [3.05, 3.63) is 29.6 Å². The lowest BCUT2D eigenvalue weighted by Crippen LogP contribution is -2.19. The van der Waals surface area contributed by atoms with Crippen molar-refractivity contribution in [2.75, 3.05) is 20.6 Å². The number of rotatable bonds is 3. The van der Waals surface area contributed by atoms with E-state index in [1.54, 1.807) is 0 Å². The van der Waals surface area contributed by atoms with Crippen molar-refractivity contribution in [2.24, 2.45) is 7.05 Å². The fourth-order valence-electron chi connectivity index (χ4n) is 2.00. The third-order valence-corrected chi connectivity index (χ3v) is 3.05. The molecule has 17 heavy (non-hydrogen) atoms. The number of nitrogens with zero attached hydrogens (tertiary/aromatic N) is 3. The Labute approximate surface area is 101 Å². The SMILES string of the molecule is Cc1nc2cc(C(O)CN(C)C)ccc2n1C. The van der Waals surface area contributed by atoms with Crippen LogP contribution in [-0.4, -0.2) is 40.2 Å². The van der Waals surface area contributed by atoms with Gasteiger partial charge in [0.25, 0.3) is 0 Å². The molecule has 1 unspecified atom stereocenters. The van der Waals surface area contributed by atoms with Crippen molar-refractivity contribution in [2.45, 2.75) is 13.0 Å². The molecule has 92 valence electrons. The van der Waals surface area contributed by atoms with E-state index in [0.717, 1.165) is 22.4 Å². The minimum atomic E-state index is -0.461. The second kappa shape index (κ2) is 4.47. The zero-order valence-corrected chi connectivity index (χ0v) is 10.8. The van der Waals surface area contributed by atoms with Crippen LogP contribution < -0.4 is 0 Å². The topological polar surface area (TPSA) is 41.3 Å². The lowest BCUT2D eigenvalue weighted by atomic mass is 10.1. The summed E-state index contributed by atoms with van der Waals surface area (Å²) in [5.74, 6) is 0.985. The van der Waals surface area contributed by atoms with E-state index in [-0.39, 0.29) is 0 Å². The van der Waals surface area contributed by atoms with E-state index < -0.39 is 6.10 Å². The van der Waals surface area contributed by atoms with E-state index in [1.807, 2.05) is 51.2 Å². The molecule has 0 amide bonds. The zero-order chi connectivity index (χ0) is 12.6. The Morgan fingerprint density at radius 1 is 1.41 bits per heavy atom. The van der Waals surface area contributed by atoms with Gasteiger partial charge in [0.05, 0.1) is 17.1 Å². The van der Waals surface area contributed by atoms with E-state index in [9.17, 15) is 5.11 Å². The molecule has 1 aromatic carbocycles. The number of hydrogen-bond acceptors (Lipinski definition) is 3. The van der Waals surface area contributed by atoms with Crippen LogP contribution in [0.2, 0.25) is 0 Å². The Hall–Kier alpha value is -1.39. The van der Waals surface area contributed by atoms with E-state index in [1.165, 1.54) is 0 Å². The minimum absolute atomic E-state index is 0.461. The van der Waals surface area contributed by atoms with Gasteiger partial charge in [-0.3, -0.25) is 0 Å². The number of aliphatic hydroxyl groups is 1. The van der Waals surface area contributed by atoms with E-state index in [2.05, 4.69) is 9.55 Å². The molecule has 0 aliphatic rings. The van der Waals surface area contributed by atoms with E-state index >= 15 is 0 Å². The summed E-state index contributed by atoms with van der Waals surface area (Å²) < 4.78 is 2.05. The third kappa shape index (κ3) is 2.33. The van der Waals surface area contributed by atoms with Gasteiger partial charge in [0.2, 0.25) is 0 Å². The largest absolute Gasteiger partial charge is 0.387 e. The van der Waals surface area contributed by atoms with Gasteiger partial charge in [-0.15, -0.1) is 0 Å². The number of aryl methyl sites for hydroxylation is 2. The summed E-state index contributed by atoms with van der Waals surface area (Å²) in [5, 5.41) is 10.1. The van der Waals surface area contributed by atoms with Gasteiger partial charge in [-0.05, 0) is 38.7 Å². The molecule has 4 heteroatoms. The number of imidazole rings is 1. The highest BCUT2D eigenvalue weighted by Crippen LogP contribution is 2.20. The van der Waals surface area contributed by atoms with Crippen LogP contribution in [-0.2, 0) is 7.05 Å². The van der Waals surface area contributed by atoms with Crippen molar-refractivity contribution in [3.8, 4) is 0 Å². The summed E-state index contributed by atoms with van der Waals surface area (Å²) in [7, 11) is 5.90. The highest BCUT2D eigenvalue weighted by Gasteiger charge is 2.11. The maximum atomic E-state index is 10.1. The second-order valence-corrected chi connectivity index (χ2v) is 4.74. The molecule has 2 rings (SSSR count). The number of benzene rings is 1. The lowest BCUT2D eigenvalue weighted by molar-refractivity contribution is 0.138. The molecule has 0 aliphatic carbocycles. The number of hydrogen-bond donors (Lipinski definition) is 1. The monoisotopic (exact) mass is 233 g/mol. The zero-order valence-electron chi connectivity index (χ0n) is 10.8. The van der Waals surface area contributed by atoms with Gasteiger partial charge in [-0.1, -0.05) is 6.07 Å². The molecule has 4 nitrogen and oxygen atoms in total. The first-order chi connectivity index (χ1) is 7.99. The van der Waals surface area contributed by atoms with Gasteiger partial charge in [0.1, 0.15) is 5.82 Å². The van der Waals surface area contributed by atoms with Gasteiger partial charge in [0, 0.05) is 13.6 Å². The van der Waals surface area contributed by atoms with Crippen molar-refractivity contribution in [1.82, 2.24) is 14.5 Å². The average molecular weight is 233 g/mol. The second-order valence-electron chi connectivity index (χ2n) is 4.74. The molecule has 0 saturated heterocycles. The Morgan fingerprint density at radius 2 is 2.12 bits per heavy atom. The van der Waals surface area contributed by atoms with Crippen LogP contribution in [0.15, 0.2) is 18.2 Å². The van der Waals surface area contributed by atoms with Crippen molar-refractivity contribution in [3.63, 3.8) is 0 Å². The van der Waals surface area contributed by atoms with Gasteiger partial charge in [0.15, 0.2) is 0 Å². The Bertz CT molecular complexity index is 531. The molecule has 1 aromatic heterocycles. The molecule has 1 N–H and O–H groups in total. The van der Waals surface area contributed by atoms with Crippen molar-refractivity contribution < 1.29 is 5.11 Å². The molecule has 0 radical (unpaired) electrons. The molecule has 0 fully saturated rings. The maximum absolute atomic E-state index is 10.1. The third-order valence-electron chi connectivity index (χ3n) is 3.05. The van der Waals surface area contributed by atoms with Gasteiger partial charge in [-0.25, -0.2) is 4.98 Å². The quantitative estimate of drug-likeness (QED) is 0.873. The highest BCUT2D eigenvalue weighted by molar-refractivity contribution is 5.76. The summed E-state index contributed by atoms with van der Waals surface area (Å²) in [6, 6.07) is 5.96. The Morgan fingerprint density at radius 3 is 2.76 bits per heavy atom. The fourth-order valence-corrected chi connectivity index (χ4v) is 2.00. The Balaban J connectivity index is 2.38. The molecule has 0 bridgehead atoms. The number of aromatic nitrogens is 2. The smallest absolute Gasteiger partial charge is 0.106 e. The number of likely N-dealkylation sites (N-methyl/N-ethyl adjacent to an activating group) is 1. The average Bonchev–Trinajstić information content (AvgIpc) is 2.53. The van der Waals surface area contributed by atoms with Crippen LogP contribution in [0.5, 0.6) is 0 Å². The first-order valence-corrected chi connectivity index (χ1v) is 5.75. The summed E-state index contributed by atoms with van der Waals surface area (Å²) >= 11 is 0. The van der Waals surface area contributed by atoms with Crippen molar-refractivity contribution >= 4 is 11.0 Å². The van der Waals surface area contributed by atoms with E-state index in [0.29, 0.717) is 6.54 Å². The molecule has 1 atom stereocenters. The van der Waals surface area contributed by atoms with Crippen LogP contribution in [0.25, 0.3) is 11.0 Å². The summed E-state index contributed by atoms with van der Waals surface area (Å²) in [5.41, 5.74) is 2.97. The van der Waals surface area contributed by atoms with Crippen LogP contribution in [0.1, 0.15) is 17.5 Å². The predicted molar refractivity (Wildman–Crippen MR) is 69.0 cm³/mol. The van der Waals surface area contributed by atoms with Crippen molar-refractivity contribution in [1.29, 1.82) is 0 Å². The predicted octanol–water partition coefficient (Wildman–Crippen LogP) is 1.48. The molecular formula is C13H19N3O. The highest BCUT2D eigenvalue weighted by atomic mass is 16.3. The van der Waals surface area contributed by atoms with Gasteiger partial charge >= 0.3 is 0 Å². The minimum Gasteiger partial charge on any atom is -0.387 e. The summed E-state index contributed by atoms with van der Waals surface area (Å²) in [4.78, 5) is 6.44. The molecule has 0 spiro atoms. The van der Waals surface area contributed by atoms with Crippen LogP contribution in [0.3, 0.4) is 0 Å². The standard InChI is InChI=1S/C13H19N3O/c1-9-14-11-7-10(13(17)8-15(2)3)5-6-12(11)16(9)4/h5-7,13,17H,8H2,1-4H3. The number of aliphatic hydroxyl groups excluding tert-OH is 1. The van der Waals surface area contributed by atoms with E-state index in [4.69, 9.17) is 0 Å². The molecule has 2 aromatic rings. The van der Waals surface area contributed by atoms with Crippen LogP contribution >= 0.6 is 0 Å². The maximum Gasteiger partial charge on any atom is 0.106 e. The summed E-state index contributed by atoms with van der Waals surface area (Å²) in [6.07, 6.45) is -0.461. The van der Waals surface area contributed by atoms with Gasteiger partial charge in [-0.2, -0.15) is 0 Å². The molecular weight excluding hydrogens is 214 g/mol. The fraction of sp³-hybridized carbons (Fsp3) is 0.462. The normalized spacial score (nSPS) is 13.5. The Kier molecular flexibility index (Phi) is 3.17. The van der Waals surface area contributed by atoms with Crippen LogP contribution in [0.4, 0.5) is 0 Å². The first-order valence-electron chi connectivity index (χ1n) is 5.75. The lowest BCUT2D eigenvalue weighted by Gasteiger charge is -2.16. The molecule has 0 aliphatic heterocycles. The number of fused-ring (bicyclic) bond motifs is 1. The van der Waals surface area contributed by atoms with Gasteiger partial charge < -0.3 is 14.6 Å².